The number of hydrogen-bond acceptors (Lipinski definition) is 3. The average Bonchev–Trinajstić information content (AvgIpc) is 2.17. The maximum atomic E-state index is 10.7. The van der Waals surface area contributed by atoms with Crippen molar-refractivity contribution in [3.05, 3.63) is 29.3 Å². The quantitative estimate of drug-likeness (QED) is 0.788. The molecule has 0 atom stereocenters. The molecule has 72 valence electrons. The first-order chi connectivity index (χ1) is 6.69. The summed E-state index contributed by atoms with van der Waals surface area (Å²) in [6.07, 6.45) is 0. The van der Waals surface area contributed by atoms with E-state index in [2.05, 4.69) is 0 Å². The lowest BCUT2D eigenvalue weighted by Gasteiger charge is -2.06. The van der Waals surface area contributed by atoms with Crippen molar-refractivity contribution in [1.82, 2.24) is 0 Å². The van der Waals surface area contributed by atoms with Crippen LogP contribution in [0.4, 0.5) is 0 Å². The molecule has 4 nitrogen and oxygen atoms in total. The van der Waals surface area contributed by atoms with Gasteiger partial charge in [-0.1, -0.05) is 0 Å². The fourth-order valence-corrected chi connectivity index (χ4v) is 1.04. The SMILES string of the molecule is CCOc1cc(C#N)ccc1C(=O)O. The van der Waals surface area contributed by atoms with Crippen LogP contribution in [-0.4, -0.2) is 17.7 Å². The van der Waals surface area contributed by atoms with Gasteiger partial charge in [0.25, 0.3) is 0 Å². The zero-order valence-electron chi connectivity index (χ0n) is 7.65. The highest BCUT2D eigenvalue weighted by molar-refractivity contribution is 5.91. The lowest BCUT2D eigenvalue weighted by molar-refractivity contribution is 0.0692. The van der Waals surface area contributed by atoms with Crippen LogP contribution >= 0.6 is 0 Å². The molecule has 0 amide bonds. The van der Waals surface area contributed by atoms with Crippen LogP contribution in [0.3, 0.4) is 0 Å². The molecule has 14 heavy (non-hydrogen) atoms. The van der Waals surface area contributed by atoms with Crippen LogP contribution in [0.2, 0.25) is 0 Å². The number of nitriles is 1. The van der Waals surface area contributed by atoms with Crippen LogP contribution in [0, 0.1) is 11.3 Å². The Morgan fingerprint density at radius 1 is 1.64 bits per heavy atom. The summed E-state index contributed by atoms with van der Waals surface area (Å²) in [7, 11) is 0. The Kier molecular flexibility index (Phi) is 3.08. The summed E-state index contributed by atoms with van der Waals surface area (Å²) in [5.41, 5.74) is 0.462. The molecule has 0 aliphatic heterocycles. The Labute approximate surface area is 81.4 Å². The first kappa shape index (κ1) is 10.1. The lowest BCUT2D eigenvalue weighted by atomic mass is 10.1. The van der Waals surface area contributed by atoms with Gasteiger partial charge in [-0.2, -0.15) is 5.26 Å². The monoisotopic (exact) mass is 191 g/mol. The summed E-state index contributed by atoms with van der Waals surface area (Å²) in [6, 6.07) is 6.16. The van der Waals surface area contributed by atoms with E-state index < -0.39 is 5.97 Å². The summed E-state index contributed by atoms with van der Waals surface area (Å²) < 4.78 is 5.11. The molecule has 0 radical (unpaired) electrons. The number of hydrogen-bond donors (Lipinski definition) is 1. The molecular weight excluding hydrogens is 182 g/mol. The van der Waals surface area contributed by atoms with Gasteiger partial charge in [0.05, 0.1) is 18.2 Å². The van der Waals surface area contributed by atoms with Crippen molar-refractivity contribution in [3.63, 3.8) is 0 Å². The predicted octanol–water partition coefficient (Wildman–Crippen LogP) is 1.66. The van der Waals surface area contributed by atoms with E-state index in [0.717, 1.165) is 0 Å². The number of benzene rings is 1. The molecule has 0 aliphatic carbocycles. The smallest absolute Gasteiger partial charge is 0.339 e. The number of carboxylic acids is 1. The van der Waals surface area contributed by atoms with Crippen molar-refractivity contribution in [3.8, 4) is 11.8 Å². The summed E-state index contributed by atoms with van der Waals surface area (Å²) in [5.74, 6) is -0.822. The minimum atomic E-state index is -1.06. The van der Waals surface area contributed by atoms with Crippen LogP contribution in [0.5, 0.6) is 5.75 Å². The molecule has 0 fully saturated rings. The second kappa shape index (κ2) is 4.28. The van der Waals surface area contributed by atoms with Gasteiger partial charge >= 0.3 is 5.97 Å². The van der Waals surface area contributed by atoms with Gasteiger partial charge in [-0.15, -0.1) is 0 Å². The standard InChI is InChI=1S/C10H9NO3/c1-2-14-9-5-7(6-11)3-4-8(9)10(12)13/h3-5H,2H2,1H3,(H,12,13). The zero-order valence-corrected chi connectivity index (χ0v) is 7.65. The van der Waals surface area contributed by atoms with Crippen LogP contribution in [0.15, 0.2) is 18.2 Å². The maximum Gasteiger partial charge on any atom is 0.339 e. The van der Waals surface area contributed by atoms with Gasteiger partial charge in [-0.05, 0) is 25.1 Å². The predicted molar refractivity (Wildman–Crippen MR) is 49.3 cm³/mol. The highest BCUT2D eigenvalue weighted by Crippen LogP contribution is 2.20. The topological polar surface area (TPSA) is 70.3 Å². The second-order valence-corrected chi connectivity index (χ2v) is 2.56. The van der Waals surface area contributed by atoms with Gasteiger partial charge < -0.3 is 9.84 Å². The van der Waals surface area contributed by atoms with E-state index in [-0.39, 0.29) is 11.3 Å². The zero-order chi connectivity index (χ0) is 10.6. The van der Waals surface area contributed by atoms with E-state index in [9.17, 15) is 4.79 Å². The highest BCUT2D eigenvalue weighted by Gasteiger charge is 2.11. The molecule has 0 aromatic heterocycles. The summed E-state index contributed by atoms with van der Waals surface area (Å²) in [4.78, 5) is 10.7. The van der Waals surface area contributed by atoms with Crippen molar-refractivity contribution in [2.75, 3.05) is 6.61 Å². The molecule has 0 saturated carbocycles. The number of carbonyl (C=O) groups is 1. The Bertz CT molecular complexity index is 393. The van der Waals surface area contributed by atoms with Gasteiger partial charge in [-0.3, -0.25) is 0 Å². The average molecular weight is 191 g/mol. The van der Waals surface area contributed by atoms with Gasteiger partial charge in [0.1, 0.15) is 11.3 Å². The van der Waals surface area contributed by atoms with Crippen molar-refractivity contribution >= 4 is 5.97 Å². The second-order valence-electron chi connectivity index (χ2n) is 2.56. The number of nitrogens with zero attached hydrogens (tertiary/aromatic N) is 1. The highest BCUT2D eigenvalue weighted by atomic mass is 16.5. The van der Waals surface area contributed by atoms with E-state index >= 15 is 0 Å². The van der Waals surface area contributed by atoms with Crippen LogP contribution < -0.4 is 4.74 Å². The molecule has 1 rings (SSSR count). The normalized spacial score (nSPS) is 9.14. The minimum absolute atomic E-state index is 0.0749. The van der Waals surface area contributed by atoms with E-state index in [1.54, 1.807) is 6.92 Å². The molecule has 1 N–H and O–H groups in total. The molecule has 0 saturated heterocycles. The Hall–Kier alpha value is -2.02. The minimum Gasteiger partial charge on any atom is -0.493 e. The van der Waals surface area contributed by atoms with Crippen molar-refractivity contribution in [2.45, 2.75) is 6.92 Å². The fourth-order valence-electron chi connectivity index (χ4n) is 1.04. The largest absolute Gasteiger partial charge is 0.493 e. The molecule has 0 aliphatic rings. The number of ether oxygens (including phenoxy) is 1. The van der Waals surface area contributed by atoms with E-state index in [1.807, 2.05) is 6.07 Å². The van der Waals surface area contributed by atoms with E-state index in [4.69, 9.17) is 15.1 Å². The molecular formula is C10H9NO3. The van der Waals surface area contributed by atoms with Crippen molar-refractivity contribution in [1.29, 1.82) is 5.26 Å². The van der Waals surface area contributed by atoms with Crippen molar-refractivity contribution in [2.24, 2.45) is 0 Å². The molecule has 0 heterocycles. The van der Waals surface area contributed by atoms with Crippen LogP contribution in [0.1, 0.15) is 22.8 Å². The molecule has 0 spiro atoms. The number of aromatic carboxylic acids is 1. The fraction of sp³-hybridized carbons (Fsp3) is 0.200. The van der Waals surface area contributed by atoms with E-state index in [1.165, 1.54) is 18.2 Å². The Morgan fingerprint density at radius 3 is 2.86 bits per heavy atom. The Morgan fingerprint density at radius 2 is 2.36 bits per heavy atom. The molecule has 1 aromatic carbocycles. The van der Waals surface area contributed by atoms with Gasteiger partial charge in [0, 0.05) is 0 Å². The number of rotatable bonds is 3. The van der Waals surface area contributed by atoms with E-state index in [0.29, 0.717) is 12.2 Å². The number of carboxylic acid groups (broad SMARTS) is 1. The molecule has 4 heteroatoms. The maximum absolute atomic E-state index is 10.7. The third kappa shape index (κ3) is 2.02. The third-order valence-electron chi connectivity index (χ3n) is 1.64. The van der Waals surface area contributed by atoms with Crippen molar-refractivity contribution < 1.29 is 14.6 Å². The molecule has 1 aromatic rings. The summed E-state index contributed by atoms with van der Waals surface area (Å²) in [6.45, 7) is 2.12. The summed E-state index contributed by atoms with van der Waals surface area (Å²) in [5, 5.41) is 17.4. The first-order valence-electron chi connectivity index (χ1n) is 4.09. The van der Waals surface area contributed by atoms with Gasteiger partial charge in [0.2, 0.25) is 0 Å². The Balaban J connectivity index is 3.18. The van der Waals surface area contributed by atoms with Gasteiger partial charge in [-0.25, -0.2) is 4.79 Å². The third-order valence-corrected chi connectivity index (χ3v) is 1.64. The lowest BCUT2D eigenvalue weighted by Crippen LogP contribution is -2.02. The van der Waals surface area contributed by atoms with Crippen LogP contribution in [0.25, 0.3) is 0 Å². The summed E-state index contributed by atoms with van der Waals surface area (Å²) >= 11 is 0. The van der Waals surface area contributed by atoms with Gasteiger partial charge in [0.15, 0.2) is 0 Å². The first-order valence-corrected chi connectivity index (χ1v) is 4.09. The molecule has 0 unspecified atom stereocenters. The molecule has 0 bridgehead atoms. The van der Waals surface area contributed by atoms with Crippen LogP contribution in [-0.2, 0) is 0 Å².